The van der Waals surface area contributed by atoms with Crippen LogP contribution in [-0.2, 0) is 6.42 Å². The van der Waals surface area contributed by atoms with E-state index >= 15 is 0 Å². The van der Waals surface area contributed by atoms with Gasteiger partial charge in [0.05, 0.1) is 23.8 Å². The van der Waals surface area contributed by atoms with Crippen molar-refractivity contribution < 1.29 is 9.84 Å². The number of nitrogens with zero attached hydrogens (tertiary/aromatic N) is 1. The van der Waals surface area contributed by atoms with Crippen molar-refractivity contribution in [1.82, 2.24) is 9.88 Å². The Balaban J connectivity index is 1.85. The van der Waals surface area contributed by atoms with E-state index < -0.39 is 0 Å². The van der Waals surface area contributed by atoms with Crippen LogP contribution in [0.2, 0.25) is 0 Å². The molecule has 0 spiro atoms. The zero-order chi connectivity index (χ0) is 14.1. The van der Waals surface area contributed by atoms with E-state index in [1.54, 1.807) is 7.11 Å². The Labute approximate surface area is 126 Å². The normalized spacial score (nSPS) is 19.2. The van der Waals surface area contributed by atoms with E-state index in [1.165, 1.54) is 5.56 Å². The molecule has 1 aromatic carbocycles. The van der Waals surface area contributed by atoms with Gasteiger partial charge in [0.1, 0.15) is 5.75 Å². The molecule has 1 saturated heterocycles. The van der Waals surface area contributed by atoms with Gasteiger partial charge in [0.15, 0.2) is 0 Å². The lowest BCUT2D eigenvalue weighted by Gasteiger charge is -2.39. The van der Waals surface area contributed by atoms with E-state index in [-0.39, 0.29) is 6.61 Å². The average molecular weight is 339 g/mol. The highest BCUT2D eigenvalue weighted by atomic mass is 79.9. The number of aromatic amines is 1. The Bertz CT molecular complexity index is 609. The number of likely N-dealkylation sites (tertiary alicyclic amines) is 1. The van der Waals surface area contributed by atoms with Crippen LogP contribution < -0.4 is 4.74 Å². The number of fused-ring (bicyclic) bond motifs is 1. The van der Waals surface area contributed by atoms with Gasteiger partial charge < -0.3 is 14.8 Å². The standard InChI is InChI=1S/C15H19BrN2O2/c1-20-13-4-2-3-12-14(13)11(15(16)17-12)6-8-18-7-5-10(18)9-19/h2-4,10,17,19H,5-9H2,1H3. The Morgan fingerprint density at radius 2 is 2.35 bits per heavy atom. The lowest BCUT2D eigenvalue weighted by Crippen LogP contribution is -2.50. The molecule has 2 N–H and O–H groups in total. The zero-order valence-electron chi connectivity index (χ0n) is 11.5. The fourth-order valence-corrected chi connectivity index (χ4v) is 3.52. The summed E-state index contributed by atoms with van der Waals surface area (Å²) in [4.78, 5) is 5.69. The Morgan fingerprint density at radius 1 is 1.50 bits per heavy atom. The number of benzene rings is 1. The van der Waals surface area contributed by atoms with Gasteiger partial charge in [-0.25, -0.2) is 0 Å². The number of H-pyrrole nitrogens is 1. The van der Waals surface area contributed by atoms with Crippen molar-refractivity contribution in [3.05, 3.63) is 28.4 Å². The highest BCUT2D eigenvalue weighted by molar-refractivity contribution is 9.10. The van der Waals surface area contributed by atoms with Crippen LogP contribution in [-0.4, -0.2) is 47.8 Å². The maximum Gasteiger partial charge on any atom is 0.128 e. The van der Waals surface area contributed by atoms with Crippen LogP contribution in [0, 0.1) is 0 Å². The molecule has 2 aromatic rings. The number of halogens is 1. The smallest absolute Gasteiger partial charge is 0.128 e. The predicted molar refractivity (Wildman–Crippen MR) is 83.3 cm³/mol. The molecule has 1 unspecified atom stereocenters. The molecule has 0 amide bonds. The molecular formula is C15H19BrN2O2. The van der Waals surface area contributed by atoms with Crippen LogP contribution in [0.15, 0.2) is 22.8 Å². The summed E-state index contributed by atoms with van der Waals surface area (Å²) >= 11 is 3.62. The van der Waals surface area contributed by atoms with Crippen LogP contribution in [0.25, 0.3) is 10.9 Å². The first kappa shape index (κ1) is 13.9. The minimum absolute atomic E-state index is 0.262. The van der Waals surface area contributed by atoms with Crippen LogP contribution >= 0.6 is 15.9 Å². The van der Waals surface area contributed by atoms with Gasteiger partial charge in [-0.05, 0) is 46.5 Å². The largest absolute Gasteiger partial charge is 0.496 e. The van der Waals surface area contributed by atoms with Gasteiger partial charge in [-0.1, -0.05) is 6.07 Å². The summed E-state index contributed by atoms with van der Waals surface area (Å²) in [6.07, 6.45) is 2.05. The number of rotatable bonds is 5. The van der Waals surface area contributed by atoms with E-state index in [2.05, 4.69) is 31.9 Å². The van der Waals surface area contributed by atoms with Gasteiger partial charge in [0.2, 0.25) is 0 Å². The number of methoxy groups -OCH3 is 1. The summed E-state index contributed by atoms with van der Waals surface area (Å²) in [6.45, 7) is 2.32. The van der Waals surface area contributed by atoms with Crippen molar-refractivity contribution in [2.24, 2.45) is 0 Å². The topological polar surface area (TPSA) is 48.5 Å². The average Bonchev–Trinajstić information content (AvgIpc) is 2.74. The SMILES string of the molecule is COc1cccc2[nH]c(Br)c(CCN3CCC3CO)c12. The molecule has 1 aromatic heterocycles. The Morgan fingerprint density at radius 3 is 3.00 bits per heavy atom. The molecule has 0 bridgehead atoms. The minimum Gasteiger partial charge on any atom is -0.496 e. The van der Waals surface area contributed by atoms with Gasteiger partial charge >= 0.3 is 0 Å². The van der Waals surface area contributed by atoms with Crippen LogP contribution in [0.4, 0.5) is 0 Å². The molecule has 1 atom stereocenters. The maximum atomic E-state index is 9.25. The van der Waals surface area contributed by atoms with Crippen molar-refractivity contribution in [3.63, 3.8) is 0 Å². The first-order valence-corrected chi connectivity index (χ1v) is 7.72. The fraction of sp³-hybridized carbons (Fsp3) is 0.467. The monoisotopic (exact) mass is 338 g/mol. The summed E-state index contributed by atoms with van der Waals surface area (Å²) in [6, 6.07) is 6.39. The van der Waals surface area contributed by atoms with Crippen molar-refractivity contribution >= 4 is 26.8 Å². The molecule has 20 heavy (non-hydrogen) atoms. The molecule has 3 rings (SSSR count). The first-order valence-electron chi connectivity index (χ1n) is 6.92. The summed E-state index contributed by atoms with van der Waals surface area (Å²) in [7, 11) is 1.71. The van der Waals surface area contributed by atoms with Crippen LogP contribution in [0.3, 0.4) is 0 Å². The van der Waals surface area contributed by atoms with E-state index in [0.29, 0.717) is 6.04 Å². The summed E-state index contributed by atoms with van der Waals surface area (Å²) < 4.78 is 6.50. The Hall–Kier alpha value is -1.04. The Kier molecular flexibility index (Phi) is 4.01. The molecule has 1 fully saturated rings. The molecule has 0 aliphatic carbocycles. The lowest BCUT2D eigenvalue weighted by molar-refractivity contribution is 0.0437. The fourth-order valence-electron chi connectivity index (χ4n) is 2.91. The summed E-state index contributed by atoms with van der Waals surface area (Å²) in [5.41, 5.74) is 2.34. The van der Waals surface area contributed by atoms with Crippen LogP contribution in [0.1, 0.15) is 12.0 Å². The van der Waals surface area contributed by atoms with Gasteiger partial charge in [-0.2, -0.15) is 0 Å². The van der Waals surface area contributed by atoms with E-state index in [0.717, 1.165) is 47.2 Å². The predicted octanol–water partition coefficient (Wildman–Crippen LogP) is 2.55. The highest BCUT2D eigenvalue weighted by Gasteiger charge is 2.27. The minimum atomic E-state index is 0.262. The van der Waals surface area contributed by atoms with E-state index in [4.69, 9.17) is 4.74 Å². The summed E-state index contributed by atoms with van der Waals surface area (Å²) in [5.74, 6) is 0.904. The molecule has 0 radical (unpaired) electrons. The van der Waals surface area contributed by atoms with Gasteiger partial charge in [0.25, 0.3) is 0 Å². The molecule has 5 heteroatoms. The lowest BCUT2D eigenvalue weighted by atomic mass is 10.0. The van der Waals surface area contributed by atoms with Crippen molar-refractivity contribution in [3.8, 4) is 5.75 Å². The second kappa shape index (κ2) is 5.76. The van der Waals surface area contributed by atoms with Gasteiger partial charge in [-0.3, -0.25) is 4.90 Å². The molecule has 2 heterocycles. The second-order valence-corrected chi connectivity index (χ2v) is 6.00. The molecule has 108 valence electrons. The number of hydrogen-bond donors (Lipinski definition) is 2. The zero-order valence-corrected chi connectivity index (χ0v) is 13.1. The van der Waals surface area contributed by atoms with Crippen molar-refractivity contribution in [2.45, 2.75) is 18.9 Å². The number of aromatic nitrogens is 1. The van der Waals surface area contributed by atoms with Crippen molar-refractivity contribution in [2.75, 3.05) is 26.8 Å². The van der Waals surface area contributed by atoms with Crippen LogP contribution in [0.5, 0.6) is 5.75 Å². The molecule has 1 aliphatic heterocycles. The number of ether oxygens (including phenoxy) is 1. The highest BCUT2D eigenvalue weighted by Crippen LogP contribution is 2.34. The third-order valence-electron chi connectivity index (χ3n) is 4.18. The van der Waals surface area contributed by atoms with Crippen molar-refractivity contribution in [1.29, 1.82) is 0 Å². The third-order valence-corrected chi connectivity index (χ3v) is 4.86. The molecule has 0 saturated carbocycles. The quantitative estimate of drug-likeness (QED) is 0.880. The maximum absolute atomic E-state index is 9.25. The van der Waals surface area contributed by atoms with Gasteiger partial charge in [-0.15, -0.1) is 0 Å². The van der Waals surface area contributed by atoms with Gasteiger partial charge in [0, 0.05) is 24.5 Å². The molecular weight excluding hydrogens is 320 g/mol. The number of nitrogens with one attached hydrogen (secondary N) is 1. The third kappa shape index (κ3) is 2.34. The number of hydrogen-bond acceptors (Lipinski definition) is 3. The molecule has 4 nitrogen and oxygen atoms in total. The summed E-state index contributed by atoms with van der Waals surface area (Å²) in [5, 5.41) is 10.4. The first-order chi connectivity index (χ1) is 9.74. The van der Waals surface area contributed by atoms with E-state index in [1.807, 2.05) is 12.1 Å². The number of aliphatic hydroxyl groups is 1. The van der Waals surface area contributed by atoms with E-state index in [9.17, 15) is 5.11 Å². The number of aliphatic hydroxyl groups excluding tert-OH is 1. The molecule has 1 aliphatic rings. The second-order valence-electron chi connectivity index (χ2n) is 5.21.